The van der Waals surface area contributed by atoms with E-state index in [1.807, 2.05) is 0 Å². The number of carboxylic acid groups (broad SMARTS) is 4. The van der Waals surface area contributed by atoms with E-state index in [0.717, 1.165) is 6.07 Å². The molecule has 0 amide bonds. The first-order valence-corrected chi connectivity index (χ1v) is 6.53. The molecule has 23 heavy (non-hydrogen) atoms. The van der Waals surface area contributed by atoms with Crippen LogP contribution in [0, 0.1) is 0 Å². The SMILES string of the molecule is CCCC(N)c1cc(C(=O)O)c(C(=O)O)c(C(=O)O)c1C(=O)O. The van der Waals surface area contributed by atoms with Crippen molar-refractivity contribution in [3.63, 3.8) is 0 Å². The smallest absolute Gasteiger partial charge is 0.337 e. The second kappa shape index (κ2) is 6.88. The average molecular weight is 325 g/mol. The molecule has 1 rings (SSSR count). The van der Waals surface area contributed by atoms with Crippen molar-refractivity contribution in [3.8, 4) is 0 Å². The van der Waals surface area contributed by atoms with Crippen molar-refractivity contribution >= 4 is 23.9 Å². The maximum atomic E-state index is 11.5. The summed E-state index contributed by atoms with van der Waals surface area (Å²) in [6, 6.07) is -0.118. The highest BCUT2D eigenvalue weighted by Crippen LogP contribution is 2.29. The highest BCUT2D eigenvalue weighted by Gasteiger charge is 2.33. The Hall–Kier alpha value is -2.94. The molecule has 0 aliphatic heterocycles. The standard InChI is InChI=1S/C14H15NO8/c1-2-3-7(15)5-4-6(11(16)17)9(13(20)21)10(14(22)23)8(5)12(18)19/h4,7H,2-3,15H2,1H3,(H,16,17)(H,18,19)(H,20,21)(H,22,23). The second-order valence-corrected chi connectivity index (χ2v) is 4.75. The summed E-state index contributed by atoms with van der Waals surface area (Å²) in [6.07, 6.45) is 0.802. The van der Waals surface area contributed by atoms with E-state index >= 15 is 0 Å². The maximum Gasteiger partial charge on any atom is 0.337 e. The van der Waals surface area contributed by atoms with Gasteiger partial charge in [0.2, 0.25) is 0 Å². The molecule has 0 aromatic heterocycles. The molecule has 0 radical (unpaired) electrons. The molecule has 0 spiro atoms. The lowest BCUT2D eigenvalue weighted by Gasteiger charge is -2.18. The zero-order valence-electron chi connectivity index (χ0n) is 12.1. The van der Waals surface area contributed by atoms with Crippen molar-refractivity contribution in [2.75, 3.05) is 0 Å². The van der Waals surface area contributed by atoms with Crippen molar-refractivity contribution in [2.45, 2.75) is 25.8 Å². The van der Waals surface area contributed by atoms with E-state index in [2.05, 4.69) is 0 Å². The Kier molecular flexibility index (Phi) is 5.42. The fourth-order valence-electron chi connectivity index (χ4n) is 2.30. The van der Waals surface area contributed by atoms with E-state index < -0.39 is 52.2 Å². The van der Waals surface area contributed by atoms with Gasteiger partial charge in [0, 0.05) is 6.04 Å². The number of hydrogen-bond donors (Lipinski definition) is 5. The van der Waals surface area contributed by atoms with Gasteiger partial charge >= 0.3 is 23.9 Å². The third-order valence-corrected chi connectivity index (χ3v) is 3.23. The Balaban J connectivity index is 4.00. The number of benzene rings is 1. The molecular formula is C14H15NO8. The first-order chi connectivity index (χ1) is 10.6. The van der Waals surface area contributed by atoms with Gasteiger partial charge in [0.25, 0.3) is 0 Å². The molecule has 124 valence electrons. The summed E-state index contributed by atoms with van der Waals surface area (Å²) >= 11 is 0. The minimum absolute atomic E-state index is 0.223. The van der Waals surface area contributed by atoms with E-state index in [0.29, 0.717) is 6.42 Å². The number of carboxylic acids is 4. The van der Waals surface area contributed by atoms with Crippen molar-refractivity contribution in [1.29, 1.82) is 0 Å². The lowest BCUT2D eigenvalue weighted by atomic mass is 9.87. The minimum Gasteiger partial charge on any atom is -0.478 e. The van der Waals surface area contributed by atoms with Gasteiger partial charge in [0.1, 0.15) is 0 Å². The predicted octanol–water partition coefficient (Wildman–Crippen LogP) is 1.28. The van der Waals surface area contributed by atoms with Crippen LogP contribution < -0.4 is 5.73 Å². The van der Waals surface area contributed by atoms with Gasteiger partial charge in [-0.2, -0.15) is 0 Å². The topological polar surface area (TPSA) is 175 Å². The van der Waals surface area contributed by atoms with E-state index in [9.17, 15) is 29.4 Å². The van der Waals surface area contributed by atoms with Crippen LogP contribution in [0.2, 0.25) is 0 Å². The highest BCUT2D eigenvalue weighted by atomic mass is 16.4. The molecule has 1 aromatic carbocycles. The molecule has 0 heterocycles. The Bertz CT molecular complexity index is 695. The van der Waals surface area contributed by atoms with Crippen LogP contribution in [-0.2, 0) is 0 Å². The number of carbonyl (C=O) groups is 4. The van der Waals surface area contributed by atoms with Crippen LogP contribution in [0.5, 0.6) is 0 Å². The number of aromatic carboxylic acids is 4. The summed E-state index contributed by atoms with van der Waals surface area (Å²) in [5.74, 6) is -7.08. The van der Waals surface area contributed by atoms with E-state index in [4.69, 9.17) is 15.9 Å². The zero-order chi connectivity index (χ0) is 17.9. The van der Waals surface area contributed by atoms with Gasteiger partial charge in [-0.25, -0.2) is 19.2 Å². The van der Waals surface area contributed by atoms with Crippen LogP contribution in [0.15, 0.2) is 6.07 Å². The normalized spacial score (nSPS) is 11.7. The molecule has 0 saturated carbocycles. The predicted molar refractivity (Wildman–Crippen MR) is 76.1 cm³/mol. The molecule has 9 nitrogen and oxygen atoms in total. The van der Waals surface area contributed by atoms with Crippen LogP contribution in [0.4, 0.5) is 0 Å². The zero-order valence-corrected chi connectivity index (χ0v) is 12.1. The quantitative estimate of drug-likeness (QED) is 0.494. The van der Waals surface area contributed by atoms with E-state index in [1.165, 1.54) is 0 Å². The number of nitrogens with two attached hydrogens (primary N) is 1. The van der Waals surface area contributed by atoms with Crippen molar-refractivity contribution < 1.29 is 39.6 Å². The molecule has 0 aliphatic rings. The van der Waals surface area contributed by atoms with Gasteiger partial charge in [0.15, 0.2) is 0 Å². The Morgan fingerprint density at radius 2 is 1.39 bits per heavy atom. The lowest BCUT2D eigenvalue weighted by Crippen LogP contribution is -2.24. The van der Waals surface area contributed by atoms with Crippen LogP contribution >= 0.6 is 0 Å². The van der Waals surface area contributed by atoms with Crippen molar-refractivity contribution in [3.05, 3.63) is 33.9 Å². The summed E-state index contributed by atoms with van der Waals surface area (Å²) in [4.78, 5) is 45.4. The minimum atomic E-state index is -1.85. The molecule has 6 N–H and O–H groups in total. The molecule has 1 atom stereocenters. The fourth-order valence-corrected chi connectivity index (χ4v) is 2.30. The van der Waals surface area contributed by atoms with E-state index in [-0.39, 0.29) is 12.0 Å². The summed E-state index contributed by atoms with van der Waals surface area (Å²) in [7, 11) is 0. The fraction of sp³-hybridized carbons (Fsp3) is 0.286. The van der Waals surface area contributed by atoms with Crippen molar-refractivity contribution in [2.24, 2.45) is 5.73 Å². The summed E-state index contributed by atoms with van der Waals surface area (Å²) in [5.41, 5.74) is 1.79. The monoisotopic (exact) mass is 325 g/mol. The Labute approximate surface area is 130 Å². The first kappa shape index (κ1) is 18.1. The second-order valence-electron chi connectivity index (χ2n) is 4.75. The maximum absolute atomic E-state index is 11.5. The average Bonchev–Trinajstić information content (AvgIpc) is 2.44. The lowest BCUT2D eigenvalue weighted by molar-refractivity contribution is 0.0618. The summed E-state index contributed by atoms with van der Waals surface area (Å²) < 4.78 is 0. The van der Waals surface area contributed by atoms with Gasteiger partial charge in [-0.05, 0) is 18.1 Å². The molecule has 0 fully saturated rings. The molecular weight excluding hydrogens is 310 g/mol. The third kappa shape index (κ3) is 3.46. The first-order valence-electron chi connectivity index (χ1n) is 6.53. The van der Waals surface area contributed by atoms with Crippen LogP contribution in [-0.4, -0.2) is 44.3 Å². The molecule has 0 saturated heterocycles. The largest absolute Gasteiger partial charge is 0.478 e. The van der Waals surface area contributed by atoms with Gasteiger partial charge in [-0.15, -0.1) is 0 Å². The molecule has 9 heteroatoms. The molecule has 1 aromatic rings. The van der Waals surface area contributed by atoms with Crippen LogP contribution in [0.1, 0.15) is 72.8 Å². The number of rotatable bonds is 7. The highest BCUT2D eigenvalue weighted by molar-refractivity contribution is 6.14. The van der Waals surface area contributed by atoms with Gasteiger partial charge in [0.05, 0.1) is 22.3 Å². The molecule has 0 bridgehead atoms. The van der Waals surface area contributed by atoms with Gasteiger partial charge < -0.3 is 26.2 Å². The number of hydrogen-bond acceptors (Lipinski definition) is 5. The van der Waals surface area contributed by atoms with Crippen LogP contribution in [0.3, 0.4) is 0 Å². The molecule has 0 aliphatic carbocycles. The van der Waals surface area contributed by atoms with Gasteiger partial charge in [-0.1, -0.05) is 13.3 Å². The molecule has 1 unspecified atom stereocenters. The van der Waals surface area contributed by atoms with E-state index in [1.54, 1.807) is 6.92 Å². The van der Waals surface area contributed by atoms with Crippen LogP contribution in [0.25, 0.3) is 0 Å². The Morgan fingerprint density at radius 1 is 0.913 bits per heavy atom. The van der Waals surface area contributed by atoms with Crippen molar-refractivity contribution in [1.82, 2.24) is 0 Å². The Morgan fingerprint density at radius 3 is 1.74 bits per heavy atom. The van der Waals surface area contributed by atoms with Gasteiger partial charge in [-0.3, -0.25) is 0 Å². The summed E-state index contributed by atoms with van der Waals surface area (Å²) in [5, 5.41) is 36.8. The summed E-state index contributed by atoms with van der Waals surface area (Å²) in [6.45, 7) is 1.75. The third-order valence-electron chi connectivity index (χ3n) is 3.23.